The molecular weight excluding hydrogens is 290 g/mol. The van der Waals surface area contributed by atoms with Crippen molar-refractivity contribution in [1.82, 2.24) is 14.5 Å². The molecule has 20 heavy (non-hydrogen) atoms. The quantitative estimate of drug-likeness (QED) is 0.564. The zero-order valence-corrected chi connectivity index (χ0v) is 10.9. The van der Waals surface area contributed by atoms with Crippen molar-refractivity contribution >= 4 is 22.6 Å². The molecule has 4 N–H and O–H groups in total. The first-order chi connectivity index (χ1) is 9.54. The van der Waals surface area contributed by atoms with Gasteiger partial charge in [-0.3, -0.25) is 4.79 Å². The van der Waals surface area contributed by atoms with E-state index in [1.165, 1.54) is 17.1 Å². The van der Waals surface area contributed by atoms with Crippen LogP contribution in [0.25, 0.3) is 11.0 Å². The van der Waals surface area contributed by atoms with Gasteiger partial charge in [0.1, 0.15) is 23.7 Å². The Labute approximate surface area is 117 Å². The van der Waals surface area contributed by atoms with Gasteiger partial charge in [-0.25, -0.2) is 4.98 Å². The van der Waals surface area contributed by atoms with Crippen molar-refractivity contribution in [3.63, 3.8) is 0 Å². The van der Waals surface area contributed by atoms with E-state index >= 15 is 0 Å². The molecule has 3 rings (SSSR count). The van der Waals surface area contributed by atoms with Crippen molar-refractivity contribution in [3.05, 3.63) is 27.9 Å². The Bertz CT molecular complexity index is 699. The summed E-state index contributed by atoms with van der Waals surface area (Å²) in [6, 6.07) is 0. The van der Waals surface area contributed by atoms with E-state index in [-0.39, 0.29) is 16.1 Å². The highest BCUT2D eigenvalue weighted by molar-refractivity contribution is 6.35. The lowest BCUT2D eigenvalue weighted by atomic mass is 10.1. The maximum absolute atomic E-state index is 11.7. The van der Waals surface area contributed by atoms with Gasteiger partial charge in [-0.1, -0.05) is 11.6 Å². The van der Waals surface area contributed by atoms with Crippen LogP contribution in [0.5, 0.6) is 0 Å². The van der Waals surface area contributed by atoms with E-state index < -0.39 is 36.7 Å². The predicted molar refractivity (Wildman–Crippen MR) is 68.4 cm³/mol. The number of ether oxygens (including phenoxy) is 1. The zero-order chi connectivity index (χ0) is 14.4. The molecule has 1 aliphatic heterocycles. The molecule has 2 aromatic rings. The van der Waals surface area contributed by atoms with Gasteiger partial charge in [-0.2, -0.15) is 0 Å². The summed E-state index contributed by atoms with van der Waals surface area (Å²) in [5.41, 5.74) is -0.181. The molecule has 0 radical (unpaired) electrons. The highest BCUT2D eigenvalue weighted by Gasteiger charge is 2.44. The average Bonchev–Trinajstić information content (AvgIpc) is 2.90. The first-order valence-electron chi connectivity index (χ1n) is 5.90. The van der Waals surface area contributed by atoms with Crippen molar-refractivity contribution < 1.29 is 20.1 Å². The zero-order valence-electron chi connectivity index (χ0n) is 10.1. The molecule has 0 aromatic carbocycles. The highest BCUT2D eigenvalue weighted by atomic mass is 35.5. The van der Waals surface area contributed by atoms with Crippen LogP contribution in [-0.2, 0) is 4.74 Å². The summed E-state index contributed by atoms with van der Waals surface area (Å²) in [6.45, 7) is -0.435. The number of H-pyrrole nitrogens is 1. The maximum atomic E-state index is 11.7. The molecule has 0 bridgehead atoms. The van der Waals surface area contributed by atoms with Gasteiger partial charge in [0.25, 0.3) is 5.56 Å². The monoisotopic (exact) mass is 301 g/mol. The number of aromatic amines is 1. The Hall–Kier alpha value is -1.45. The molecule has 1 aliphatic rings. The standard InChI is InChI=1S/C11H12ClN3O5/c12-4-1-15(9-6(4)10(19)14-3-13-9)11-8(18)7(17)5(2-16)20-11/h1,3,5,7-8,11,16-18H,2H2,(H,13,14,19)/t5-,7-,8-,11-/m1/s1. The number of aliphatic hydroxyl groups excluding tert-OH is 3. The Balaban J connectivity index is 2.12. The largest absolute Gasteiger partial charge is 0.394 e. The maximum Gasteiger partial charge on any atom is 0.261 e. The van der Waals surface area contributed by atoms with Crippen LogP contribution in [0.1, 0.15) is 6.23 Å². The number of hydrogen-bond donors (Lipinski definition) is 4. The van der Waals surface area contributed by atoms with Gasteiger partial charge < -0.3 is 29.6 Å². The first-order valence-corrected chi connectivity index (χ1v) is 6.28. The summed E-state index contributed by atoms with van der Waals surface area (Å²) in [7, 11) is 0. The third-order valence-corrected chi connectivity index (χ3v) is 3.65. The van der Waals surface area contributed by atoms with E-state index in [0.29, 0.717) is 0 Å². The molecular formula is C11H12ClN3O5. The van der Waals surface area contributed by atoms with Gasteiger partial charge >= 0.3 is 0 Å². The Morgan fingerprint density at radius 1 is 1.45 bits per heavy atom. The number of nitrogens with one attached hydrogen (secondary N) is 1. The van der Waals surface area contributed by atoms with E-state index in [2.05, 4.69) is 9.97 Å². The topological polar surface area (TPSA) is 121 Å². The first kappa shape index (κ1) is 13.5. The molecule has 3 heterocycles. The number of fused-ring (bicyclic) bond motifs is 1. The van der Waals surface area contributed by atoms with Crippen LogP contribution < -0.4 is 5.56 Å². The Morgan fingerprint density at radius 2 is 2.20 bits per heavy atom. The van der Waals surface area contributed by atoms with Crippen molar-refractivity contribution in [2.24, 2.45) is 0 Å². The van der Waals surface area contributed by atoms with Gasteiger partial charge in [0, 0.05) is 6.20 Å². The van der Waals surface area contributed by atoms with E-state index in [0.717, 1.165) is 0 Å². The molecule has 1 fully saturated rings. The molecule has 0 spiro atoms. The van der Waals surface area contributed by atoms with Gasteiger partial charge in [0.2, 0.25) is 0 Å². The number of halogens is 1. The molecule has 0 aliphatic carbocycles. The Morgan fingerprint density at radius 3 is 2.85 bits per heavy atom. The van der Waals surface area contributed by atoms with Crippen molar-refractivity contribution in [2.75, 3.05) is 6.61 Å². The minimum absolute atomic E-state index is 0.159. The summed E-state index contributed by atoms with van der Waals surface area (Å²) >= 11 is 5.99. The average molecular weight is 302 g/mol. The lowest BCUT2D eigenvalue weighted by molar-refractivity contribution is -0.0508. The third kappa shape index (κ3) is 1.85. The molecule has 0 saturated carbocycles. The molecule has 8 nitrogen and oxygen atoms in total. The Kier molecular flexibility index (Phi) is 3.27. The van der Waals surface area contributed by atoms with E-state index in [4.69, 9.17) is 21.4 Å². The van der Waals surface area contributed by atoms with E-state index in [1.807, 2.05) is 0 Å². The van der Waals surface area contributed by atoms with Gasteiger partial charge in [0.05, 0.1) is 18.0 Å². The van der Waals surface area contributed by atoms with Crippen molar-refractivity contribution in [1.29, 1.82) is 0 Å². The van der Waals surface area contributed by atoms with Crippen LogP contribution in [0.15, 0.2) is 17.3 Å². The molecule has 2 aromatic heterocycles. The van der Waals surface area contributed by atoms with E-state index in [1.54, 1.807) is 0 Å². The summed E-state index contributed by atoms with van der Waals surface area (Å²) in [4.78, 5) is 18.1. The van der Waals surface area contributed by atoms with E-state index in [9.17, 15) is 15.0 Å². The smallest absolute Gasteiger partial charge is 0.261 e. The minimum atomic E-state index is -1.26. The predicted octanol–water partition coefficient (Wildman–Crippen LogP) is -1.01. The van der Waals surface area contributed by atoms with Gasteiger partial charge in [0.15, 0.2) is 11.9 Å². The van der Waals surface area contributed by atoms with Crippen molar-refractivity contribution in [3.8, 4) is 0 Å². The number of aromatic nitrogens is 3. The van der Waals surface area contributed by atoms with Crippen LogP contribution in [-0.4, -0.2) is 54.8 Å². The van der Waals surface area contributed by atoms with Gasteiger partial charge in [-0.15, -0.1) is 0 Å². The third-order valence-electron chi connectivity index (χ3n) is 3.36. The van der Waals surface area contributed by atoms with Crippen LogP contribution >= 0.6 is 11.6 Å². The highest BCUT2D eigenvalue weighted by Crippen LogP contribution is 2.33. The number of aliphatic hydroxyl groups is 3. The molecule has 1 saturated heterocycles. The summed E-state index contributed by atoms with van der Waals surface area (Å²) in [6.07, 6.45) is -1.78. The molecule has 108 valence electrons. The summed E-state index contributed by atoms with van der Waals surface area (Å²) in [5.74, 6) is 0. The molecule has 9 heteroatoms. The van der Waals surface area contributed by atoms with Gasteiger partial charge in [-0.05, 0) is 0 Å². The molecule has 0 amide bonds. The van der Waals surface area contributed by atoms with Crippen molar-refractivity contribution in [2.45, 2.75) is 24.5 Å². The lowest BCUT2D eigenvalue weighted by Crippen LogP contribution is -2.33. The lowest BCUT2D eigenvalue weighted by Gasteiger charge is -2.16. The fraction of sp³-hybridized carbons (Fsp3) is 0.455. The molecule has 4 atom stereocenters. The normalized spacial score (nSPS) is 30.2. The second kappa shape index (κ2) is 4.83. The van der Waals surface area contributed by atoms with Crippen LogP contribution in [0, 0.1) is 0 Å². The van der Waals surface area contributed by atoms with Crippen LogP contribution in [0.3, 0.4) is 0 Å². The second-order valence-corrected chi connectivity index (χ2v) is 4.95. The van der Waals surface area contributed by atoms with Crippen LogP contribution in [0.4, 0.5) is 0 Å². The number of rotatable bonds is 2. The summed E-state index contributed by atoms with van der Waals surface area (Å²) < 4.78 is 6.76. The molecule has 0 unspecified atom stereocenters. The number of nitrogens with zero attached hydrogens (tertiary/aromatic N) is 2. The number of hydrogen-bond acceptors (Lipinski definition) is 6. The minimum Gasteiger partial charge on any atom is -0.394 e. The summed E-state index contributed by atoms with van der Waals surface area (Å²) in [5, 5.41) is 29.2. The second-order valence-electron chi connectivity index (χ2n) is 4.54. The fourth-order valence-electron chi connectivity index (χ4n) is 2.35. The van der Waals surface area contributed by atoms with Crippen LogP contribution in [0.2, 0.25) is 5.02 Å². The fourth-order valence-corrected chi connectivity index (χ4v) is 2.63. The SMILES string of the molecule is O=c1[nH]cnc2c1c(Cl)cn2[C@@H]1O[C@H](CO)[C@@H](O)[C@H]1O.